The number of aromatic amines is 1. The average molecular weight is 489 g/mol. The number of aromatic carboxylic acids is 1. The molecule has 182 valence electrons. The van der Waals surface area contributed by atoms with Crippen molar-refractivity contribution in [3.05, 3.63) is 86.2 Å². The summed E-state index contributed by atoms with van der Waals surface area (Å²) in [5.74, 6) is -2.22. The molecule has 0 atom stereocenters. The van der Waals surface area contributed by atoms with Crippen LogP contribution in [0.3, 0.4) is 0 Å². The second kappa shape index (κ2) is 9.18. The lowest BCUT2D eigenvalue weighted by atomic mass is 10.0. The van der Waals surface area contributed by atoms with Crippen LogP contribution in [0.4, 0.5) is 21.9 Å². The molecule has 0 radical (unpaired) electrons. The predicted octanol–water partition coefficient (Wildman–Crippen LogP) is 3.69. The number of carbonyl (C=O) groups is 4. The number of aryl methyl sites for hydroxylation is 1. The molecular weight excluding hydrogens is 470 g/mol. The second-order valence-electron chi connectivity index (χ2n) is 7.95. The van der Waals surface area contributed by atoms with Gasteiger partial charge in [0, 0.05) is 40.3 Å². The van der Waals surface area contributed by atoms with Crippen LogP contribution in [0.2, 0.25) is 0 Å². The van der Waals surface area contributed by atoms with Crippen LogP contribution in [0.1, 0.15) is 43.2 Å². The minimum absolute atomic E-state index is 0.0626. The molecule has 2 heterocycles. The number of nitrogens with zero attached hydrogens (tertiary/aromatic N) is 1. The number of nitro groups is 1. The van der Waals surface area contributed by atoms with Crippen LogP contribution in [0.5, 0.6) is 0 Å². The fourth-order valence-electron chi connectivity index (χ4n) is 3.87. The highest BCUT2D eigenvalue weighted by Gasteiger charge is 2.26. The van der Waals surface area contributed by atoms with E-state index in [0.29, 0.717) is 39.5 Å². The number of carboxylic acid groups (broad SMARTS) is 1. The first-order valence-electron chi connectivity index (χ1n) is 10.5. The van der Waals surface area contributed by atoms with Gasteiger partial charge in [-0.25, -0.2) is 9.59 Å². The largest absolute Gasteiger partial charge is 0.478 e. The van der Waals surface area contributed by atoms with Crippen molar-refractivity contribution in [1.29, 1.82) is 0 Å². The van der Waals surface area contributed by atoms with Gasteiger partial charge < -0.3 is 20.7 Å². The number of imide groups is 1. The van der Waals surface area contributed by atoms with E-state index in [4.69, 9.17) is 0 Å². The Morgan fingerprint density at radius 2 is 1.78 bits per heavy atom. The number of H-pyrrole nitrogens is 1. The minimum atomic E-state index is -1.07. The van der Waals surface area contributed by atoms with Crippen molar-refractivity contribution in [2.45, 2.75) is 13.8 Å². The first kappa shape index (κ1) is 23.9. The van der Waals surface area contributed by atoms with Crippen molar-refractivity contribution < 1.29 is 29.2 Å². The highest BCUT2D eigenvalue weighted by Crippen LogP contribution is 2.35. The zero-order valence-corrected chi connectivity index (χ0v) is 19.0. The highest BCUT2D eigenvalue weighted by molar-refractivity contribution is 6.35. The van der Waals surface area contributed by atoms with E-state index in [1.54, 1.807) is 32.1 Å². The van der Waals surface area contributed by atoms with Crippen LogP contribution in [-0.4, -0.2) is 38.8 Å². The van der Waals surface area contributed by atoms with Gasteiger partial charge in [-0.3, -0.25) is 25.0 Å². The van der Waals surface area contributed by atoms with E-state index in [9.17, 15) is 34.4 Å². The summed E-state index contributed by atoms with van der Waals surface area (Å²) >= 11 is 0. The summed E-state index contributed by atoms with van der Waals surface area (Å²) in [5.41, 5.74) is 3.08. The summed E-state index contributed by atoms with van der Waals surface area (Å²) in [5, 5.41) is 27.4. The van der Waals surface area contributed by atoms with Gasteiger partial charge in [-0.05, 0) is 49.8 Å². The van der Waals surface area contributed by atoms with E-state index in [1.807, 2.05) is 0 Å². The molecule has 1 aliphatic heterocycles. The Hall–Kier alpha value is -5.26. The number of hydrogen-bond donors (Lipinski definition) is 5. The molecule has 1 aromatic heterocycles. The van der Waals surface area contributed by atoms with Gasteiger partial charge in [0.05, 0.1) is 21.7 Å². The maximum atomic E-state index is 12.6. The Kier molecular flexibility index (Phi) is 6.09. The van der Waals surface area contributed by atoms with Crippen LogP contribution in [0, 0.1) is 24.0 Å². The maximum absolute atomic E-state index is 12.6. The monoisotopic (exact) mass is 489 g/mol. The summed E-state index contributed by atoms with van der Waals surface area (Å²) in [7, 11) is 0. The minimum Gasteiger partial charge on any atom is -0.478 e. The molecule has 2 aromatic carbocycles. The fourth-order valence-corrected chi connectivity index (χ4v) is 3.87. The molecule has 0 saturated carbocycles. The summed E-state index contributed by atoms with van der Waals surface area (Å²) in [6.45, 7) is 3.28. The molecule has 0 unspecified atom stereocenters. The third-order valence-electron chi connectivity index (χ3n) is 5.61. The standard InChI is InChI=1S/C24H19N5O7/c1-11-18(25-12(2)20(11)23(32)33)10-17-16-8-5-14(9-19(16)27-22(17)31)26-24(34)28-21(30)13-3-6-15(7-4-13)29(35)36/h3-10,25H,1-2H3,(H,27,31)(H,32,33)(H2,26,28,30,34)/b17-10-. The van der Waals surface area contributed by atoms with E-state index in [-0.39, 0.29) is 16.8 Å². The van der Waals surface area contributed by atoms with Crippen molar-refractivity contribution in [2.75, 3.05) is 10.6 Å². The number of aromatic nitrogens is 1. The number of benzene rings is 2. The van der Waals surface area contributed by atoms with Gasteiger partial charge >= 0.3 is 12.0 Å². The van der Waals surface area contributed by atoms with Crippen molar-refractivity contribution >= 4 is 52.5 Å². The normalized spacial score (nSPS) is 13.2. The Morgan fingerprint density at radius 3 is 2.39 bits per heavy atom. The zero-order valence-electron chi connectivity index (χ0n) is 19.0. The van der Waals surface area contributed by atoms with E-state index in [1.165, 1.54) is 18.2 Å². The van der Waals surface area contributed by atoms with Crippen molar-refractivity contribution in [1.82, 2.24) is 10.3 Å². The quantitative estimate of drug-likeness (QED) is 0.205. The van der Waals surface area contributed by atoms with Crippen molar-refractivity contribution in [2.24, 2.45) is 0 Å². The number of carboxylic acids is 1. The molecule has 0 saturated heterocycles. The van der Waals surface area contributed by atoms with Crippen LogP contribution in [-0.2, 0) is 4.79 Å². The van der Waals surface area contributed by atoms with Gasteiger partial charge in [0.25, 0.3) is 17.5 Å². The lowest BCUT2D eigenvalue weighted by Crippen LogP contribution is -2.34. The molecule has 5 N–H and O–H groups in total. The first-order valence-corrected chi connectivity index (χ1v) is 10.5. The Bertz CT molecular complexity index is 1490. The summed E-state index contributed by atoms with van der Waals surface area (Å²) < 4.78 is 0. The van der Waals surface area contributed by atoms with E-state index < -0.39 is 28.7 Å². The van der Waals surface area contributed by atoms with Gasteiger partial charge in [0.15, 0.2) is 0 Å². The Labute approximate surface area is 203 Å². The van der Waals surface area contributed by atoms with Crippen molar-refractivity contribution in [3.8, 4) is 0 Å². The lowest BCUT2D eigenvalue weighted by Gasteiger charge is -2.08. The van der Waals surface area contributed by atoms with Crippen molar-refractivity contribution in [3.63, 3.8) is 0 Å². The third kappa shape index (κ3) is 4.55. The smallest absolute Gasteiger partial charge is 0.337 e. The van der Waals surface area contributed by atoms with Crippen LogP contribution < -0.4 is 16.0 Å². The number of nitrogens with one attached hydrogen (secondary N) is 4. The number of amides is 4. The lowest BCUT2D eigenvalue weighted by molar-refractivity contribution is -0.384. The number of urea groups is 1. The summed E-state index contributed by atoms with van der Waals surface area (Å²) in [6.07, 6.45) is 1.57. The molecular formula is C24H19N5O7. The number of nitro benzene ring substituents is 1. The van der Waals surface area contributed by atoms with E-state index in [2.05, 4.69) is 20.9 Å². The average Bonchev–Trinajstić information content (AvgIpc) is 3.27. The van der Waals surface area contributed by atoms with Gasteiger partial charge in [-0.2, -0.15) is 0 Å². The molecule has 12 nitrogen and oxygen atoms in total. The zero-order chi connectivity index (χ0) is 26.1. The Morgan fingerprint density at radius 1 is 1.08 bits per heavy atom. The fraction of sp³-hybridized carbons (Fsp3) is 0.0833. The van der Waals surface area contributed by atoms with Crippen LogP contribution in [0.15, 0.2) is 42.5 Å². The summed E-state index contributed by atoms with van der Waals surface area (Å²) in [6, 6.07) is 8.59. The molecule has 4 amide bonds. The molecule has 36 heavy (non-hydrogen) atoms. The predicted molar refractivity (Wildman–Crippen MR) is 130 cm³/mol. The molecule has 1 aliphatic rings. The molecule has 4 rings (SSSR count). The summed E-state index contributed by atoms with van der Waals surface area (Å²) in [4.78, 5) is 61.6. The number of fused-ring (bicyclic) bond motifs is 1. The number of anilines is 2. The van der Waals surface area contributed by atoms with Gasteiger partial charge in [-0.1, -0.05) is 6.07 Å². The van der Waals surface area contributed by atoms with Gasteiger partial charge in [0.2, 0.25) is 0 Å². The van der Waals surface area contributed by atoms with E-state index >= 15 is 0 Å². The molecule has 0 aliphatic carbocycles. The maximum Gasteiger partial charge on any atom is 0.337 e. The van der Waals surface area contributed by atoms with E-state index in [0.717, 1.165) is 12.1 Å². The van der Waals surface area contributed by atoms with Crippen LogP contribution >= 0.6 is 0 Å². The molecule has 0 fully saturated rings. The van der Waals surface area contributed by atoms with Gasteiger partial charge in [0.1, 0.15) is 0 Å². The Balaban J connectivity index is 1.49. The second-order valence-corrected chi connectivity index (χ2v) is 7.95. The molecule has 3 aromatic rings. The molecule has 12 heteroatoms. The number of rotatable bonds is 5. The SMILES string of the molecule is Cc1[nH]c(/C=C2\C(=O)Nc3cc(NC(=O)NC(=O)c4ccc([N+](=O)[O-])cc4)ccc32)c(C)c1C(=O)O. The third-order valence-corrected chi connectivity index (χ3v) is 5.61. The number of hydrogen-bond acceptors (Lipinski definition) is 6. The highest BCUT2D eigenvalue weighted by atomic mass is 16.6. The van der Waals surface area contributed by atoms with Crippen LogP contribution in [0.25, 0.3) is 11.6 Å². The topological polar surface area (TPSA) is 184 Å². The molecule has 0 bridgehead atoms. The number of carbonyl (C=O) groups excluding carboxylic acids is 3. The first-order chi connectivity index (χ1) is 17.0. The number of non-ortho nitro benzene ring substituents is 1. The van der Waals surface area contributed by atoms with Gasteiger partial charge in [-0.15, -0.1) is 0 Å². The molecule has 0 spiro atoms.